The Morgan fingerprint density at radius 2 is 1.55 bits per heavy atom. The zero-order valence-corrected chi connectivity index (χ0v) is 30.4. The van der Waals surface area contributed by atoms with E-state index >= 15 is 0 Å². The summed E-state index contributed by atoms with van der Waals surface area (Å²) in [7, 11) is 1.62. The molecule has 0 bridgehead atoms. The molecule has 8 nitrogen and oxygen atoms in total. The summed E-state index contributed by atoms with van der Waals surface area (Å²) in [5.41, 5.74) is 4.22. The first kappa shape index (κ1) is 35.3. The Labute approximate surface area is 312 Å². The normalized spacial score (nSPS) is 11.7. The van der Waals surface area contributed by atoms with Crippen LogP contribution in [0.5, 0.6) is 5.75 Å². The summed E-state index contributed by atoms with van der Waals surface area (Å²) in [6, 6.07) is 40.5. The molecule has 6 rings (SSSR count). The molecule has 3 N–H and O–H groups in total. The maximum atomic E-state index is 13.7. The fourth-order valence-corrected chi connectivity index (χ4v) is 7.14. The SMILES string of the molecule is COc1cccc(-c2csc(NC(=O)C(Sc3ccc(NC(=O)/C(=C/c4cccc(Br)c4)NC(=O)c4ccccc4)cc3)c3ccccc3)n2)c1. The van der Waals surface area contributed by atoms with Gasteiger partial charge in [-0.1, -0.05) is 88.7 Å². The average Bonchev–Trinajstić information content (AvgIpc) is 3.63. The summed E-state index contributed by atoms with van der Waals surface area (Å²) in [5.74, 6) is -0.382. The molecule has 1 heterocycles. The first-order valence-corrected chi connectivity index (χ1v) is 18.3. The van der Waals surface area contributed by atoms with Crippen molar-refractivity contribution in [3.63, 3.8) is 0 Å². The van der Waals surface area contributed by atoms with Gasteiger partial charge in [-0.2, -0.15) is 0 Å². The third-order valence-electron chi connectivity index (χ3n) is 7.49. The van der Waals surface area contributed by atoms with Gasteiger partial charge in [0.15, 0.2) is 5.13 Å². The Morgan fingerprint density at radius 1 is 0.824 bits per heavy atom. The molecule has 0 fully saturated rings. The number of carbonyl (C=O) groups excluding carboxylic acids is 3. The quantitative estimate of drug-likeness (QED) is 0.0845. The molecule has 3 amide bonds. The minimum absolute atomic E-state index is 0.0814. The van der Waals surface area contributed by atoms with E-state index in [1.807, 2.05) is 102 Å². The van der Waals surface area contributed by atoms with Crippen molar-refractivity contribution < 1.29 is 19.1 Å². The van der Waals surface area contributed by atoms with Gasteiger partial charge in [0.1, 0.15) is 16.7 Å². The Bertz CT molecular complexity index is 2170. The summed E-state index contributed by atoms with van der Waals surface area (Å²) in [6.45, 7) is 0. The first-order chi connectivity index (χ1) is 24.8. The predicted octanol–water partition coefficient (Wildman–Crippen LogP) is 9.46. The van der Waals surface area contributed by atoms with E-state index in [1.54, 1.807) is 49.6 Å². The third kappa shape index (κ3) is 9.61. The van der Waals surface area contributed by atoms with Gasteiger partial charge in [0.05, 0.1) is 12.8 Å². The highest BCUT2D eigenvalue weighted by atomic mass is 79.9. The maximum Gasteiger partial charge on any atom is 0.272 e. The zero-order chi connectivity index (χ0) is 35.6. The Kier molecular flexibility index (Phi) is 11.7. The number of rotatable bonds is 12. The number of aromatic nitrogens is 1. The average molecular weight is 776 g/mol. The number of ether oxygens (including phenoxy) is 1. The predicted molar refractivity (Wildman–Crippen MR) is 209 cm³/mol. The van der Waals surface area contributed by atoms with Crippen molar-refractivity contribution in [2.24, 2.45) is 0 Å². The number of thioether (sulfide) groups is 1. The fourth-order valence-electron chi connectivity index (χ4n) is 4.97. The Morgan fingerprint density at radius 3 is 2.27 bits per heavy atom. The lowest BCUT2D eigenvalue weighted by Crippen LogP contribution is -2.30. The molecule has 0 spiro atoms. The topological polar surface area (TPSA) is 109 Å². The second kappa shape index (κ2) is 16.9. The maximum absolute atomic E-state index is 13.7. The lowest BCUT2D eigenvalue weighted by molar-refractivity contribution is -0.116. The van der Waals surface area contributed by atoms with Crippen molar-refractivity contribution in [1.82, 2.24) is 10.3 Å². The van der Waals surface area contributed by atoms with Gasteiger partial charge in [0.2, 0.25) is 5.91 Å². The van der Waals surface area contributed by atoms with E-state index in [9.17, 15) is 14.4 Å². The molecule has 51 heavy (non-hydrogen) atoms. The zero-order valence-electron chi connectivity index (χ0n) is 27.2. The van der Waals surface area contributed by atoms with Gasteiger partial charge in [0.25, 0.3) is 11.8 Å². The molecule has 0 saturated heterocycles. The highest BCUT2D eigenvalue weighted by molar-refractivity contribution is 9.10. The second-order valence-corrected chi connectivity index (χ2v) is 14.0. The molecule has 1 atom stereocenters. The van der Waals surface area contributed by atoms with Gasteiger partial charge in [-0.25, -0.2) is 4.98 Å². The van der Waals surface area contributed by atoms with Crippen LogP contribution in [-0.2, 0) is 9.59 Å². The van der Waals surface area contributed by atoms with Crippen molar-refractivity contribution >= 4 is 73.6 Å². The molecule has 1 aromatic heterocycles. The number of methoxy groups -OCH3 is 1. The molecule has 0 radical (unpaired) electrons. The van der Waals surface area contributed by atoms with Crippen LogP contribution in [0.4, 0.5) is 10.8 Å². The Hall–Kier alpha value is -5.49. The van der Waals surface area contributed by atoms with Gasteiger partial charge in [-0.15, -0.1) is 23.1 Å². The molecule has 0 aliphatic heterocycles. The molecule has 0 aliphatic carbocycles. The van der Waals surface area contributed by atoms with Crippen LogP contribution in [0.15, 0.2) is 154 Å². The largest absolute Gasteiger partial charge is 0.497 e. The molecule has 0 aliphatic rings. The van der Waals surface area contributed by atoms with Crippen molar-refractivity contribution in [2.45, 2.75) is 10.1 Å². The number of nitrogens with zero attached hydrogens (tertiary/aromatic N) is 1. The number of halogens is 1. The molecular formula is C40H31BrN4O4S2. The second-order valence-electron chi connectivity index (χ2n) is 11.1. The number of carbonyl (C=O) groups is 3. The number of nitrogens with one attached hydrogen (secondary N) is 3. The highest BCUT2D eigenvalue weighted by Crippen LogP contribution is 2.37. The number of hydrogen-bond acceptors (Lipinski definition) is 7. The van der Waals surface area contributed by atoms with E-state index in [-0.39, 0.29) is 11.6 Å². The molecular weight excluding hydrogens is 745 g/mol. The monoisotopic (exact) mass is 774 g/mol. The number of thiazole rings is 1. The molecule has 5 aromatic carbocycles. The van der Waals surface area contributed by atoms with Gasteiger partial charge in [0, 0.05) is 31.6 Å². The lowest BCUT2D eigenvalue weighted by atomic mass is 10.1. The smallest absolute Gasteiger partial charge is 0.272 e. The van der Waals surface area contributed by atoms with E-state index in [0.717, 1.165) is 37.5 Å². The van der Waals surface area contributed by atoms with E-state index < -0.39 is 17.1 Å². The summed E-state index contributed by atoms with van der Waals surface area (Å²) in [4.78, 5) is 45.7. The number of anilines is 2. The van der Waals surface area contributed by atoms with Crippen LogP contribution in [0.3, 0.4) is 0 Å². The van der Waals surface area contributed by atoms with Crippen LogP contribution in [0.2, 0.25) is 0 Å². The number of benzene rings is 5. The van der Waals surface area contributed by atoms with Crippen molar-refractivity contribution in [3.8, 4) is 17.0 Å². The van der Waals surface area contributed by atoms with Crippen LogP contribution >= 0.6 is 39.0 Å². The van der Waals surface area contributed by atoms with Crippen LogP contribution in [0.1, 0.15) is 26.7 Å². The van der Waals surface area contributed by atoms with E-state index in [0.29, 0.717) is 16.4 Å². The number of amides is 3. The Balaban J connectivity index is 1.17. The number of hydrogen-bond donors (Lipinski definition) is 3. The van der Waals surface area contributed by atoms with Crippen LogP contribution in [-0.4, -0.2) is 29.8 Å². The van der Waals surface area contributed by atoms with Crippen LogP contribution in [0.25, 0.3) is 17.3 Å². The van der Waals surface area contributed by atoms with Crippen molar-refractivity contribution in [3.05, 3.63) is 166 Å². The molecule has 6 aromatic rings. The highest BCUT2D eigenvalue weighted by Gasteiger charge is 2.24. The van der Waals surface area contributed by atoms with E-state index in [2.05, 4.69) is 36.9 Å². The summed E-state index contributed by atoms with van der Waals surface area (Å²) >= 11 is 6.19. The van der Waals surface area contributed by atoms with Gasteiger partial charge in [-0.05, 0) is 77.9 Å². The van der Waals surface area contributed by atoms with Gasteiger partial charge >= 0.3 is 0 Å². The van der Waals surface area contributed by atoms with Crippen LogP contribution in [0, 0.1) is 0 Å². The van der Waals surface area contributed by atoms with Gasteiger partial charge < -0.3 is 20.7 Å². The molecule has 11 heteroatoms. The first-order valence-electron chi connectivity index (χ1n) is 15.7. The standard InChI is InChI=1S/C40H31BrN4O4S2/c1-49-32-17-9-15-29(24-32)35-25-50-40(44-35)45-39(48)36(27-11-4-2-5-12-27)51-33-20-18-31(19-21-33)42-38(47)34(23-26-10-8-16-30(41)22-26)43-37(46)28-13-6-3-7-14-28/h2-25,36H,1H3,(H,42,47)(H,43,46)(H,44,45,48)/b34-23-. The minimum Gasteiger partial charge on any atom is -0.497 e. The molecule has 0 saturated carbocycles. The lowest BCUT2D eigenvalue weighted by Gasteiger charge is -2.17. The van der Waals surface area contributed by atoms with Gasteiger partial charge in [-0.3, -0.25) is 14.4 Å². The van der Waals surface area contributed by atoms with E-state index in [4.69, 9.17) is 4.74 Å². The minimum atomic E-state index is -0.580. The molecule has 254 valence electrons. The third-order valence-corrected chi connectivity index (χ3v) is 10.0. The fraction of sp³-hybridized carbons (Fsp3) is 0.0500. The molecule has 1 unspecified atom stereocenters. The van der Waals surface area contributed by atoms with E-state index in [1.165, 1.54) is 23.1 Å². The summed E-state index contributed by atoms with van der Waals surface area (Å²) in [5, 5.41) is 10.5. The van der Waals surface area contributed by atoms with Crippen molar-refractivity contribution in [2.75, 3.05) is 17.7 Å². The summed E-state index contributed by atoms with van der Waals surface area (Å²) < 4.78 is 6.18. The van der Waals surface area contributed by atoms with Crippen molar-refractivity contribution in [1.29, 1.82) is 0 Å². The summed E-state index contributed by atoms with van der Waals surface area (Å²) in [6.07, 6.45) is 1.62. The van der Waals surface area contributed by atoms with Crippen LogP contribution < -0.4 is 20.7 Å².